The van der Waals surface area contributed by atoms with E-state index in [-0.39, 0.29) is 6.61 Å². The summed E-state index contributed by atoms with van der Waals surface area (Å²) in [5.74, 6) is -0.834. The highest BCUT2D eigenvalue weighted by molar-refractivity contribution is 9.10. The summed E-state index contributed by atoms with van der Waals surface area (Å²) in [4.78, 5) is -0.424. The molecule has 1 rings (SSSR count). The summed E-state index contributed by atoms with van der Waals surface area (Å²) >= 11 is 3.05. The fourth-order valence-corrected chi connectivity index (χ4v) is 2.93. The molecule has 0 amide bonds. The van der Waals surface area contributed by atoms with Gasteiger partial charge in [-0.25, -0.2) is 17.5 Å². The molecular weight excluding hydrogens is 313 g/mol. The first-order chi connectivity index (χ1) is 7.90. The molecule has 0 heterocycles. The van der Waals surface area contributed by atoms with Crippen LogP contribution in [-0.2, 0) is 10.0 Å². The van der Waals surface area contributed by atoms with Crippen LogP contribution in [0.2, 0.25) is 0 Å². The molecule has 0 fully saturated rings. The third-order valence-corrected chi connectivity index (χ3v) is 4.27. The number of halogens is 2. The quantitative estimate of drug-likeness (QED) is 0.864. The minimum absolute atomic E-state index is 0.326. The topological polar surface area (TPSA) is 66.4 Å². The summed E-state index contributed by atoms with van der Waals surface area (Å²) in [6.45, 7) is 1.40. The number of nitrogens with one attached hydrogen (secondary N) is 1. The van der Waals surface area contributed by atoms with Gasteiger partial charge in [-0.15, -0.1) is 0 Å². The lowest BCUT2D eigenvalue weighted by Crippen LogP contribution is -2.37. The van der Waals surface area contributed by atoms with Crippen molar-refractivity contribution in [2.24, 2.45) is 0 Å². The van der Waals surface area contributed by atoms with Gasteiger partial charge in [0.15, 0.2) is 0 Å². The number of hydrogen-bond acceptors (Lipinski definition) is 3. The van der Waals surface area contributed by atoms with Crippen LogP contribution >= 0.6 is 15.9 Å². The molecule has 7 heteroatoms. The molecule has 1 atom stereocenters. The first kappa shape index (κ1) is 14.6. The van der Waals surface area contributed by atoms with Crippen LogP contribution in [0.5, 0.6) is 0 Å². The molecule has 0 spiro atoms. The maximum Gasteiger partial charge on any atom is 0.243 e. The molecule has 0 saturated carbocycles. The molecular formula is C10H13BrFNO3S. The largest absolute Gasteiger partial charge is 0.395 e. The average Bonchev–Trinajstić information content (AvgIpc) is 2.25. The Balaban J connectivity index is 3.05. The summed E-state index contributed by atoms with van der Waals surface area (Å²) in [7, 11) is -3.94. The van der Waals surface area contributed by atoms with Gasteiger partial charge in [-0.1, -0.05) is 22.9 Å². The number of rotatable bonds is 5. The Bertz CT molecular complexity index is 488. The molecule has 0 bridgehead atoms. The second kappa shape index (κ2) is 5.90. The van der Waals surface area contributed by atoms with Gasteiger partial charge in [0.1, 0.15) is 10.7 Å². The third-order valence-electron chi connectivity index (χ3n) is 2.22. The van der Waals surface area contributed by atoms with Crippen molar-refractivity contribution in [2.45, 2.75) is 24.3 Å². The van der Waals surface area contributed by atoms with E-state index in [0.717, 1.165) is 6.07 Å². The van der Waals surface area contributed by atoms with Crippen molar-refractivity contribution in [3.8, 4) is 0 Å². The van der Waals surface area contributed by atoms with E-state index >= 15 is 0 Å². The Morgan fingerprint density at radius 1 is 1.53 bits per heavy atom. The van der Waals surface area contributed by atoms with Gasteiger partial charge in [0, 0.05) is 10.5 Å². The van der Waals surface area contributed by atoms with Gasteiger partial charge in [-0.2, -0.15) is 0 Å². The smallest absolute Gasteiger partial charge is 0.243 e. The number of benzene rings is 1. The minimum atomic E-state index is -3.94. The Morgan fingerprint density at radius 3 is 2.65 bits per heavy atom. The third kappa shape index (κ3) is 3.74. The number of hydrogen-bond donors (Lipinski definition) is 2. The van der Waals surface area contributed by atoms with Gasteiger partial charge in [-0.3, -0.25) is 0 Å². The zero-order valence-electron chi connectivity index (χ0n) is 9.15. The van der Waals surface area contributed by atoms with E-state index in [0.29, 0.717) is 10.9 Å². The van der Waals surface area contributed by atoms with Crippen LogP contribution < -0.4 is 4.72 Å². The number of sulfonamides is 1. The molecule has 1 unspecified atom stereocenters. The van der Waals surface area contributed by atoms with E-state index in [2.05, 4.69) is 20.7 Å². The molecule has 2 N–H and O–H groups in total. The molecule has 4 nitrogen and oxygen atoms in total. The van der Waals surface area contributed by atoms with E-state index in [4.69, 9.17) is 5.11 Å². The van der Waals surface area contributed by atoms with Gasteiger partial charge in [0.2, 0.25) is 10.0 Å². The van der Waals surface area contributed by atoms with Crippen LogP contribution in [0.4, 0.5) is 4.39 Å². The predicted octanol–water partition coefficient (Wildman–Crippen LogP) is 1.64. The Kier molecular flexibility index (Phi) is 5.05. The summed E-state index contributed by atoms with van der Waals surface area (Å²) in [5.41, 5.74) is 0. The molecule has 0 radical (unpaired) electrons. The van der Waals surface area contributed by atoms with Crippen LogP contribution in [0.25, 0.3) is 0 Å². The predicted molar refractivity (Wildman–Crippen MR) is 65.6 cm³/mol. The van der Waals surface area contributed by atoms with E-state index in [1.54, 1.807) is 6.92 Å². The monoisotopic (exact) mass is 325 g/mol. The fraction of sp³-hybridized carbons (Fsp3) is 0.400. The van der Waals surface area contributed by atoms with Crippen LogP contribution in [0.3, 0.4) is 0 Å². The highest BCUT2D eigenvalue weighted by Crippen LogP contribution is 2.19. The van der Waals surface area contributed by atoms with E-state index < -0.39 is 26.8 Å². The standard InChI is InChI=1S/C10H13BrFNO3S/c1-2-8(6-14)13-17(15,16)10-4-3-7(11)5-9(10)12/h3-5,8,13-14H,2,6H2,1H3. The van der Waals surface area contributed by atoms with Crippen molar-refractivity contribution in [1.29, 1.82) is 0 Å². The second-order valence-electron chi connectivity index (χ2n) is 3.48. The van der Waals surface area contributed by atoms with Gasteiger partial charge in [-0.05, 0) is 24.6 Å². The summed E-state index contributed by atoms with van der Waals surface area (Å²) in [6.07, 6.45) is 0.424. The van der Waals surface area contributed by atoms with Gasteiger partial charge in [0.05, 0.1) is 6.61 Å². The van der Waals surface area contributed by atoms with Crippen molar-refractivity contribution in [3.63, 3.8) is 0 Å². The number of aliphatic hydroxyl groups excluding tert-OH is 1. The molecule has 0 aliphatic carbocycles. The van der Waals surface area contributed by atoms with Crippen molar-refractivity contribution in [2.75, 3.05) is 6.61 Å². The maximum absolute atomic E-state index is 13.5. The van der Waals surface area contributed by atoms with Crippen molar-refractivity contribution in [1.82, 2.24) is 4.72 Å². The molecule has 0 aliphatic rings. The second-order valence-corrected chi connectivity index (χ2v) is 6.08. The lowest BCUT2D eigenvalue weighted by Gasteiger charge is -2.14. The lowest BCUT2D eigenvalue weighted by molar-refractivity contribution is 0.253. The maximum atomic E-state index is 13.5. The zero-order valence-corrected chi connectivity index (χ0v) is 11.6. The number of aliphatic hydroxyl groups is 1. The van der Waals surface area contributed by atoms with Crippen molar-refractivity contribution in [3.05, 3.63) is 28.5 Å². The molecule has 0 aromatic heterocycles. The van der Waals surface area contributed by atoms with E-state index in [9.17, 15) is 12.8 Å². The molecule has 0 aliphatic heterocycles. The summed E-state index contributed by atoms with van der Waals surface area (Å²) < 4.78 is 39.8. The Labute approximate surface area is 108 Å². The van der Waals surface area contributed by atoms with Crippen LogP contribution in [0.15, 0.2) is 27.6 Å². The SMILES string of the molecule is CCC(CO)NS(=O)(=O)c1ccc(Br)cc1F. The normalized spacial score (nSPS) is 13.6. The van der Waals surface area contributed by atoms with Gasteiger partial charge >= 0.3 is 0 Å². The van der Waals surface area contributed by atoms with Crippen LogP contribution in [0, 0.1) is 5.82 Å². The highest BCUT2D eigenvalue weighted by atomic mass is 79.9. The first-order valence-electron chi connectivity index (χ1n) is 4.99. The highest BCUT2D eigenvalue weighted by Gasteiger charge is 2.22. The lowest BCUT2D eigenvalue weighted by atomic mass is 10.3. The Hall–Kier alpha value is -0.500. The summed E-state index contributed by atoms with van der Waals surface area (Å²) in [5, 5.41) is 8.92. The van der Waals surface area contributed by atoms with E-state index in [1.807, 2.05) is 0 Å². The van der Waals surface area contributed by atoms with Crippen molar-refractivity contribution < 1.29 is 17.9 Å². The van der Waals surface area contributed by atoms with Gasteiger partial charge in [0.25, 0.3) is 0 Å². The van der Waals surface area contributed by atoms with Crippen molar-refractivity contribution >= 4 is 26.0 Å². The fourth-order valence-electron chi connectivity index (χ4n) is 1.23. The molecule has 1 aromatic carbocycles. The first-order valence-corrected chi connectivity index (χ1v) is 7.26. The van der Waals surface area contributed by atoms with Crippen LogP contribution in [0.1, 0.15) is 13.3 Å². The van der Waals surface area contributed by atoms with Gasteiger partial charge < -0.3 is 5.11 Å². The molecule has 0 saturated heterocycles. The average molecular weight is 326 g/mol. The molecule has 96 valence electrons. The minimum Gasteiger partial charge on any atom is -0.395 e. The van der Waals surface area contributed by atoms with E-state index in [1.165, 1.54) is 12.1 Å². The molecule has 17 heavy (non-hydrogen) atoms. The van der Waals surface area contributed by atoms with Crippen LogP contribution in [-0.4, -0.2) is 26.2 Å². The molecule has 1 aromatic rings. The zero-order chi connectivity index (χ0) is 13.1. The summed E-state index contributed by atoms with van der Waals surface area (Å²) in [6, 6.07) is 3.08. The Morgan fingerprint density at radius 2 is 2.18 bits per heavy atom.